The number of fused-ring (bicyclic) bond motifs is 2. The molecule has 1 amide bonds. The Kier molecular flexibility index (Phi) is 10.9. The minimum Gasteiger partial charge on any atom is -0.508 e. The molecule has 1 aliphatic carbocycles. The molecule has 0 bridgehead atoms. The van der Waals surface area contributed by atoms with E-state index >= 15 is 8.78 Å². The van der Waals surface area contributed by atoms with Crippen LogP contribution in [0.1, 0.15) is 67.8 Å². The first-order chi connectivity index (χ1) is 28.0. The van der Waals surface area contributed by atoms with Crippen molar-refractivity contribution in [2.75, 3.05) is 67.7 Å². The van der Waals surface area contributed by atoms with Crippen molar-refractivity contribution >= 4 is 34.0 Å². The molecule has 4 aliphatic rings. The molecule has 304 valence electrons. The number of phenolic OH excluding ortho intramolecular Hbond substituents is 1. The number of rotatable bonds is 10. The molecule has 3 aliphatic heterocycles. The van der Waals surface area contributed by atoms with Crippen molar-refractivity contribution in [1.29, 1.82) is 0 Å². The molecule has 3 fully saturated rings. The van der Waals surface area contributed by atoms with Crippen LogP contribution in [0, 0.1) is 18.2 Å². The van der Waals surface area contributed by atoms with Gasteiger partial charge in [-0.1, -0.05) is 18.6 Å². The largest absolute Gasteiger partial charge is 0.508 e. The van der Waals surface area contributed by atoms with E-state index in [2.05, 4.69) is 29.2 Å². The number of benzene rings is 2. The van der Waals surface area contributed by atoms with Gasteiger partial charge in [-0.2, -0.15) is 9.97 Å². The fourth-order valence-corrected chi connectivity index (χ4v) is 9.60. The van der Waals surface area contributed by atoms with E-state index in [0.717, 1.165) is 47.7 Å². The van der Waals surface area contributed by atoms with Crippen LogP contribution < -0.4 is 19.4 Å². The van der Waals surface area contributed by atoms with Crippen molar-refractivity contribution < 1.29 is 28.2 Å². The van der Waals surface area contributed by atoms with Crippen LogP contribution in [-0.2, 0) is 22.4 Å². The number of aromatic nitrogens is 3. The molecule has 5 atom stereocenters. The maximum Gasteiger partial charge on any atom is 0.318 e. The molecule has 0 spiro atoms. The van der Waals surface area contributed by atoms with E-state index in [0.29, 0.717) is 62.2 Å². The van der Waals surface area contributed by atoms with Gasteiger partial charge in [0.2, 0.25) is 5.91 Å². The summed E-state index contributed by atoms with van der Waals surface area (Å²) in [5, 5.41) is 12.1. The smallest absolute Gasteiger partial charge is 0.318 e. The van der Waals surface area contributed by atoms with E-state index in [9.17, 15) is 9.90 Å². The number of likely N-dealkylation sites (N-methyl/N-ethyl adjacent to an activating group) is 1. The Labute approximate surface area is 338 Å². The molecular weight excluding hydrogens is 741 g/mol. The summed E-state index contributed by atoms with van der Waals surface area (Å²) in [6.07, 6.45) is 11.7. The van der Waals surface area contributed by atoms with Gasteiger partial charge in [-0.3, -0.25) is 4.79 Å². The molecular formula is C45H51F2N7O4. The van der Waals surface area contributed by atoms with E-state index in [1.807, 2.05) is 42.1 Å². The summed E-state index contributed by atoms with van der Waals surface area (Å²) in [7, 11) is 1.97. The minimum atomic E-state index is -1.07. The second kappa shape index (κ2) is 16.0. The number of carbonyl (C=O) groups is 1. The molecule has 2 aromatic heterocycles. The van der Waals surface area contributed by atoms with E-state index in [1.54, 1.807) is 18.2 Å². The number of nitrogens with zero attached hydrogens (tertiary/aromatic N) is 7. The van der Waals surface area contributed by atoms with Crippen molar-refractivity contribution in [3.8, 4) is 24.1 Å². The number of anilines is 3. The van der Waals surface area contributed by atoms with Crippen LogP contribution >= 0.6 is 0 Å². The fourth-order valence-electron chi connectivity index (χ4n) is 9.60. The highest BCUT2D eigenvalue weighted by Crippen LogP contribution is 2.42. The summed E-state index contributed by atoms with van der Waals surface area (Å²) in [4.78, 5) is 35.7. The third-order valence-corrected chi connectivity index (χ3v) is 12.5. The molecule has 0 saturated carbocycles. The van der Waals surface area contributed by atoms with Gasteiger partial charge in [-0.15, -0.1) is 6.42 Å². The van der Waals surface area contributed by atoms with Crippen LogP contribution in [0.5, 0.6) is 11.8 Å². The first-order valence-electron chi connectivity index (χ1n) is 20.3. The lowest BCUT2D eigenvalue weighted by Gasteiger charge is -2.37. The molecule has 0 radical (unpaired) electrons. The number of terminal acetylenes is 1. The molecule has 58 heavy (non-hydrogen) atoms. The normalized spacial score (nSPS) is 24.4. The number of alkyl halides is 1. The van der Waals surface area contributed by atoms with E-state index in [4.69, 9.17) is 30.8 Å². The molecule has 4 aromatic rings. The number of pyridine rings is 1. The molecule has 0 unspecified atom stereocenters. The lowest BCUT2D eigenvalue weighted by molar-refractivity contribution is -0.126. The average molecular weight is 792 g/mol. The molecule has 5 heterocycles. The van der Waals surface area contributed by atoms with Gasteiger partial charge in [0.15, 0.2) is 0 Å². The standard InChI is InChI=1S/C45H51F2N7O4/c1-6-35-38(47)14-11-30-19-34(55)21-37(42(30)35)29-10-13-36-39(20-29)49-44(50-43(36)51(5)25-33-9-8-16-53(33)41(56)7-2)58-27-45(4)22-31(46)24-54(45)32-12-15-40(48-23-32)52-17-18-57-26-28(52)3/h1,7,11-12,14-15,19,21,23,28-29,31,33,55H,2,8-10,13,16-18,20,22,24-27H2,3-5H3/t28-,29+,31-,33+,45+/m1/s1. The van der Waals surface area contributed by atoms with Gasteiger partial charge < -0.3 is 34.2 Å². The van der Waals surface area contributed by atoms with Crippen molar-refractivity contribution in [3.05, 3.63) is 83.5 Å². The van der Waals surface area contributed by atoms with Crippen LogP contribution in [0.3, 0.4) is 0 Å². The summed E-state index contributed by atoms with van der Waals surface area (Å²) < 4.78 is 42.6. The predicted octanol–water partition coefficient (Wildman–Crippen LogP) is 6.35. The lowest BCUT2D eigenvalue weighted by atomic mass is 9.79. The van der Waals surface area contributed by atoms with E-state index in [1.165, 1.54) is 12.1 Å². The molecule has 2 aromatic carbocycles. The first-order valence-corrected chi connectivity index (χ1v) is 20.3. The van der Waals surface area contributed by atoms with Crippen LogP contribution in [0.2, 0.25) is 0 Å². The van der Waals surface area contributed by atoms with Crippen LogP contribution in [0.15, 0.2) is 55.3 Å². The lowest BCUT2D eigenvalue weighted by Crippen LogP contribution is -2.46. The number of carbonyl (C=O) groups excluding carboxylic acids is 1. The van der Waals surface area contributed by atoms with E-state index in [-0.39, 0.29) is 60.8 Å². The van der Waals surface area contributed by atoms with Gasteiger partial charge in [-0.05, 0) is 99.2 Å². The van der Waals surface area contributed by atoms with Gasteiger partial charge in [0, 0.05) is 50.1 Å². The Morgan fingerprint density at radius 1 is 1.22 bits per heavy atom. The van der Waals surface area contributed by atoms with Gasteiger partial charge >= 0.3 is 6.01 Å². The maximum atomic E-state index is 15.4. The van der Waals surface area contributed by atoms with Crippen LogP contribution in [0.25, 0.3) is 10.8 Å². The topological polar surface area (TPSA) is 107 Å². The van der Waals surface area contributed by atoms with Crippen LogP contribution in [-0.4, -0.2) is 108 Å². The molecule has 11 nitrogen and oxygen atoms in total. The van der Waals surface area contributed by atoms with Gasteiger partial charge in [0.1, 0.15) is 36.0 Å². The third kappa shape index (κ3) is 7.50. The van der Waals surface area contributed by atoms with Crippen LogP contribution in [0.4, 0.5) is 26.1 Å². The second-order valence-corrected chi connectivity index (χ2v) is 16.5. The number of hydrogen-bond acceptors (Lipinski definition) is 10. The number of phenols is 1. The number of amides is 1. The Hall–Kier alpha value is -5.48. The summed E-state index contributed by atoms with van der Waals surface area (Å²) in [6.45, 7) is 11.4. The molecule has 3 saturated heterocycles. The Bertz CT molecular complexity index is 2250. The Balaban J connectivity index is 1.11. The maximum absolute atomic E-state index is 15.4. The minimum absolute atomic E-state index is 0.0172. The van der Waals surface area contributed by atoms with Crippen molar-refractivity contribution in [3.63, 3.8) is 0 Å². The highest BCUT2D eigenvalue weighted by molar-refractivity contribution is 5.93. The number of morpholine rings is 1. The fraction of sp³-hybridized carbons (Fsp3) is 0.467. The number of hydrogen-bond donors (Lipinski definition) is 1. The summed E-state index contributed by atoms with van der Waals surface area (Å²) >= 11 is 0. The van der Waals surface area contributed by atoms with E-state index < -0.39 is 17.5 Å². The zero-order valence-electron chi connectivity index (χ0n) is 33.5. The molecule has 13 heteroatoms. The zero-order valence-corrected chi connectivity index (χ0v) is 33.5. The highest BCUT2D eigenvalue weighted by atomic mass is 19.1. The predicted molar refractivity (Wildman–Crippen MR) is 221 cm³/mol. The number of halogens is 2. The highest BCUT2D eigenvalue weighted by Gasteiger charge is 2.44. The summed E-state index contributed by atoms with van der Waals surface area (Å²) in [5.74, 6) is 3.47. The first kappa shape index (κ1) is 39.4. The van der Waals surface area contributed by atoms with Gasteiger partial charge in [-0.25, -0.2) is 13.8 Å². The summed E-state index contributed by atoms with van der Waals surface area (Å²) in [6, 6.07) is 10.6. The Morgan fingerprint density at radius 3 is 2.83 bits per heavy atom. The van der Waals surface area contributed by atoms with Gasteiger partial charge in [0.25, 0.3) is 0 Å². The number of likely N-dealkylation sites (tertiary alicyclic amines) is 1. The Morgan fingerprint density at radius 2 is 2.07 bits per heavy atom. The quantitative estimate of drug-likeness (QED) is 0.144. The van der Waals surface area contributed by atoms with Crippen molar-refractivity contribution in [2.24, 2.45) is 0 Å². The van der Waals surface area contributed by atoms with Crippen molar-refractivity contribution in [1.82, 2.24) is 19.9 Å². The molecule has 1 N–H and O–H groups in total. The zero-order chi connectivity index (χ0) is 40.7. The number of ether oxygens (including phenoxy) is 2. The second-order valence-electron chi connectivity index (χ2n) is 16.5. The third-order valence-electron chi connectivity index (χ3n) is 12.5. The van der Waals surface area contributed by atoms with Gasteiger partial charge in [0.05, 0.1) is 54.5 Å². The number of aromatic hydroxyl groups is 1. The average Bonchev–Trinajstić information content (AvgIpc) is 3.81. The molecule has 8 rings (SSSR count). The monoisotopic (exact) mass is 791 g/mol. The van der Waals surface area contributed by atoms with Crippen molar-refractivity contribution in [2.45, 2.75) is 82.1 Å². The summed E-state index contributed by atoms with van der Waals surface area (Å²) in [5.41, 5.74) is 2.76. The SMILES string of the molecule is C#Cc1c(F)ccc2cc(O)cc([C@H]3CCc4c(nc(OC[C@]5(C)C[C@@H](F)CN5c5ccc(N6CCOC[C@H]6C)nc5)nc4N(C)C[C@@H]4CCCN4C(=O)C=C)C3)c12.